The summed E-state index contributed by atoms with van der Waals surface area (Å²) in [6.07, 6.45) is -5.34. The van der Waals surface area contributed by atoms with Crippen LogP contribution in [0.15, 0.2) is 20.3 Å². The normalized spacial score (nSPS) is 14.6. The van der Waals surface area contributed by atoms with Gasteiger partial charge >= 0.3 is 0 Å². The highest BCUT2D eigenvalue weighted by Crippen LogP contribution is 2.85. The van der Waals surface area contributed by atoms with Crippen molar-refractivity contribution in [3.63, 3.8) is 0 Å². The molecule has 0 aromatic heterocycles. The van der Waals surface area contributed by atoms with Gasteiger partial charge in [-0.3, -0.25) is 0 Å². The van der Waals surface area contributed by atoms with E-state index in [-0.39, 0.29) is 0 Å². The topological polar surface area (TPSA) is 67.9 Å². The van der Waals surface area contributed by atoms with Gasteiger partial charge in [-0.25, -0.2) is 105 Å². The molecule has 6 rings (SSSR count). The van der Waals surface area contributed by atoms with Crippen LogP contribution in [0.3, 0.4) is 0 Å². The lowest BCUT2D eigenvalue weighted by atomic mass is 9.25. The molecule has 34 heteroatoms. The summed E-state index contributed by atoms with van der Waals surface area (Å²) < 4.78 is 406. The van der Waals surface area contributed by atoms with Crippen LogP contribution in [0.5, 0.6) is 0 Å². The fourth-order valence-corrected chi connectivity index (χ4v) is 28.7. The number of rotatable bonds is 12. The van der Waals surface area contributed by atoms with E-state index in [1.165, 1.54) is 163 Å². The molecule has 0 N–H and O–H groups in total. The van der Waals surface area contributed by atoms with E-state index < -0.39 is 231 Å². The molecule has 0 unspecified atom stereocenters. The average Bonchev–Trinajstić information content (AvgIpc) is 0.692. The summed E-state index contributed by atoms with van der Waals surface area (Å²) in [6, 6.07) is 0. The minimum atomic E-state index is -7.17. The van der Waals surface area contributed by atoms with Gasteiger partial charge in [0, 0.05) is 20.3 Å². The van der Waals surface area contributed by atoms with Crippen molar-refractivity contribution in [3.8, 4) is 0 Å². The van der Waals surface area contributed by atoms with E-state index in [9.17, 15) is 0 Å². The molecule has 5 aromatic carbocycles. The van der Waals surface area contributed by atoms with Crippen LogP contribution in [0.25, 0.3) is 0 Å². The lowest BCUT2D eigenvalue weighted by Gasteiger charge is -2.49. The Hall–Kier alpha value is -5.79. The summed E-state index contributed by atoms with van der Waals surface area (Å²) in [5.74, 6) is -86.0. The fourth-order valence-electron chi connectivity index (χ4n) is 14.7. The number of hydrogen-bond acceptors (Lipinski definition) is 6. The zero-order valence-corrected chi connectivity index (χ0v) is 55.8. The second-order valence-electron chi connectivity index (χ2n) is 28.6. The highest BCUT2D eigenvalue weighted by Gasteiger charge is 2.69. The predicted octanol–water partition coefficient (Wildman–Crippen LogP) is 18.7. The number of halogens is 24. The summed E-state index contributed by atoms with van der Waals surface area (Å²) in [6.45, 7) is 25.1. The Morgan fingerprint density at radius 2 is 0.319 bits per heavy atom. The molecule has 1 aliphatic rings. The van der Waals surface area contributed by atoms with E-state index >= 15 is 105 Å². The minimum Gasteiger partial charge on any atom is -0.584 e. The van der Waals surface area contributed by atoms with E-state index in [0.717, 1.165) is 0 Å². The summed E-state index contributed by atoms with van der Waals surface area (Å²) >= 11 is 0. The van der Waals surface area contributed by atoms with E-state index in [1.54, 1.807) is 0 Å². The summed E-state index contributed by atoms with van der Waals surface area (Å²) in [5, 5.41) is -1.91. The monoisotopic (exact) mass is 1410 g/mol. The Kier molecular flexibility index (Phi) is 22.3. The molecule has 94 heavy (non-hydrogen) atoms. The van der Waals surface area contributed by atoms with Crippen LogP contribution in [0.4, 0.5) is 105 Å². The molecule has 0 aliphatic heterocycles. The van der Waals surface area contributed by atoms with Crippen molar-refractivity contribution in [2.45, 2.75) is 194 Å². The molecule has 5 aromatic rings. The third-order valence-corrected chi connectivity index (χ3v) is 29.2. The molecule has 0 radical (unpaired) electrons. The lowest BCUT2D eigenvalue weighted by molar-refractivity contribution is 0.306. The van der Waals surface area contributed by atoms with Crippen LogP contribution >= 0.6 is 14.8 Å². The number of benzene rings is 5. The van der Waals surface area contributed by atoms with Crippen molar-refractivity contribution in [2.24, 2.45) is 20.3 Å². The van der Waals surface area contributed by atoms with E-state index in [2.05, 4.69) is 20.3 Å². The van der Waals surface area contributed by atoms with Crippen LogP contribution in [0.1, 0.15) is 163 Å². The zero-order chi connectivity index (χ0) is 72.8. The maximum atomic E-state index is 18.5. The summed E-state index contributed by atoms with van der Waals surface area (Å²) in [5.41, 5.74) is -20.8. The molecule has 0 bridgehead atoms. The third-order valence-electron chi connectivity index (χ3n) is 16.8. The van der Waals surface area contributed by atoms with Gasteiger partial charge in [0.05, 0.1) is 30.9 Å². The Labute approximate surface area is 527 Å². The van der Waals surface area contributed by atoms with Gasteiger partial charge in [-0.15, -0.1) is 0 Å². The van der Waals surface area contributed by atoms with E-state index in [0.29, 0.717) is 0 Å². The van der Waals surface area contributed by atoms with Crippen molar-refractivity contribution in [3.05, 3.63) is 140 Å². The largest absolute Gasteiger partial charge is 0.584 e. The molecule has 522 valence electrons. The first-order valence-corrected chi connectivity index (χ1v) is 32.2. The minimum absolute atomic E-state index is 1.39. The van der Waals surface area contributed by atoms with Gasteiger partial charge in [-0.1, -0.05) is 71.3 Å². The molecular weight excluding hydrogens is 1350 g/mol. The second-order valence-corrected chi connectivity index (χ2v) is 39.5. The van der Waals surface area contributed by atoms with Gasteiger partial charge in [0.25, 0.3) is 12.7 Å². The lowest BCUT2D eigenvalue weighted by Crippen LogP contribution is -2.77. The molecule has 0 amide bonds. The quantitative estimate of drug-likeness (QED) is 0.0238. The highest BCUT2D eigenvalue weighted by atomic mass is 31.2. The Morgan fingerprint density at radius 3 is 0.436 bits per heavy atom. The van der Waals surface area contributed by atoms with Gasteiger partial charge in [0.2, 0.25) is 0 Å². The Bertz CT molecular complexity index is 3260. The Morgan fingerprint density at radius 1 is 0.213 bits per heavy atom. The second kappa shape index (κ2) is 26.6. The molecule has 0 atom stereocenters. The standard InChI is InChI=1S/C54H54B2F24N4O2P2.C6H12/c1-49(2,3)87(50(4,5)6,51(7,8)9)83-81-85-55(21-29(61)37(69)45(77)38(70)30(21)62,22-31(63)39(71)46(78)40(72)32(22)64)19-25(57)27(59)20(28(60)26(19)58)56(23-33(65)41(73)47(79)42(74)34(23)66,24-35(67)43(75)48(80)44(76)36(24)68)86-82-84-88(52(10,11)12,53(13,14)15)54(16,17)18;1-2-4-6-5-3-1/h1-18H3;1-6H2/b83-81+,84-82+;. The van der Waals surface area contributed by atoms with Crippen molar-refractivity contribution in [2.75, 3.05) is 0 Å². The van der Waals surface area contributed by atoms with Gasteiger partial charge in [0.15, 0.2) is 84.6 Å². The smallest absolute Gasteiger partial charge is 0.294 e. The SMILES string of the molecule is C1CCCCC1.CC(C)(C)[P+](/N=N/O[B-](c1c(F)c(F)c(F)c(F)c1F)(c1c(F)c(F)c(F)c(F)c1F)c1c(F)c(F)c([B-](O/N=N/[P+](C(C)(C)C)(C(C)(C)C)C(C)(C)C)(c2c(F)c(F)c(F)c(F)c2F)c2c(F)c(F)c(F)c(F)c2F)c(F)c1F)(C(C)(C)C)C(C)(C)C. The number of hydrogen-bond donors (Lipinski definition) is 0. The average molecular weight is 1410 g/mol. The summed E-state index contributed by atoms with van der Waals surface area (Å²) in [4.78, 5) is 8.16. The van der Waals surface area contributed by atoms with E-state index in [4.69, 9.17) is 9.51 Å². The first-order valence-electron chi connectivity index (χ1n) is 28.7. The molecule has 1 saturated carbocycles. The van der Waals surface area contributed by atoms with Crippen molar-refractivity contribution in [1.29, 1.82) is 0 Å². The fraction of sp³-hybridized carbons (Fsp3) is 0.500. The predicted molar refractivity (Wildman–Crippen MR) is 312 cm³/mol. The van der Waals surface area contributed by atoms with E-state index in [1.807, 2.05) is 0 Å². The summed E-state index contributed by atoms with van der Waals surface area (Å²) in [7, 11) is -7.76. The van der Waals surface area contributed by atoms with Gasteiger partial charge < -0.3 is 9.51 Å². The molecule has 6 nitrogen and oxygen atoms in total. The van der Waals surface area contributed by atoms with Crippen molar-refractivity contribution >= 4 is 60.3 Å². The van der Waals surface area contributed by atoms with Crippen molar-refractivity contribution in [1.82, 2.24) is 0 Å². The van der Waals surface area contributed by atoms with Gasteiger partial charge in [-0.05, 0) is 125 Å². The van der Waals surface area contributed by atoms with Crippen LogP contribution in [-0.2, 0) is 9.51 Å². The highest BCUT2D eigenvalue weighted by molar-refractivity contribution is 7.79. The molecule has 0 heterocycles. The molecule has 1 aliphatic carbocycles. The third kappa shape index (κ3) is 12.2. The van der Waals surface area contributed by atoms with Gasteiger partial charge in [-0.2, -0.15) is 0 Å². The first-order chi connectivity index (χ1) is 42.5. The molecular formula is C60H66B2F24N4O2P2. The van der Waals surface area contributed by atoms with Gasteiger partial charge in [0.1, 0.15) is 69.8 Å². The maximum Gasteiger partial charge on any atom is 0.294 e. The van der Waals surface area contributed by atoms with Crippen molar-refractivity contribution < 1.29 is 115 Å². The zero-order valence-electron chi connectivity index (χ0n) is 54.0. The van der Waals surface area contributed by atoms with Crippen LogP contribution in [0, 0.1) is 140 Å². The van der Waals surface area contributed by atoms with Crippen LogP contribution < -0.4 is 32.8 Å². The Balaban J connectivity index is 0.00000252. The molecule has 0 saturated heterocycles. The number of nitrogens with zero attached hydrogens (tertiary/aromatic N) is 4. The van der Waals surface area contributed by atoms with Crippen LogP contribution in [0.2, 0.25) is 0 Å². The molecule has 1 fully saturated rings. The molecule has 0 spiro atoms. The van der Waals surface area contributed by atoms with Crippen LogP contribution in [-0.4, -0.2) is 43.6 Å². The maximum absolute atomic E-state index is 18.5. The first kappa shape index (κ1) is 78.9.